The number of esters is 1. The minimum atomic E-state index is -0.379. The molecule has 118 valence electrons. The molecule has 21 heavy (non-hydrogen) atoms. The number of amides is 1. The van der Waals surface area contributed by atoms with Gasteiger partial charge in [0, 0.05) is 24.0 Å². The quantitative estimate of drug-likeness (QED) is 0.784. The fourth-order valence-corrected chi connectivity index (χ4v) is 4.71. The first-order chi connectivity index (χ1) is 10.2. The van der Waals surface area contributed by atoms with Gasteiger partial charge in [0.15, 0.2) is 0 Å². The highest BCUT2D eigenvalue weighted by Crippen LogP contribution is 2.59. The molecule has 0 aromatic rings. The van der Waals surface area contributed by atoms with E-state index in [1.54, 1.807) is 16.7 Å². The first-order valence-electron chi connectivity index (χ1n) is 7.93. The molecular formula is C15H24N2O3S. The monoisotopic (exact) mass is 312 g/mol. The molecule has 0 bridgehead atoms. The highest BCUT2D eigenvalue weighted by atomic mass is 32.2. The number of hydrogen-bond acceptors (Lipinski definition) is 5. The molecular weight excluding hydrogens is 288 g/mol. The molecule has 0 aromatic carbocycles. The third-order valence-electron chi connectivity index (χ3n) is 5.06. The zero-order valence-electron chi connectivity index (χ0n) is 12.6. The SMILES string of the molecule is CCOC(=O)C1CSCCN1C(=O)C1CC12CCNCC2. The van der Waals surface area contributed by atoms with Gasteiger partial charge in [0.25, 0.3) is 0 Å². The number of nitrogens with one attached hydrogen (secondary N) is 1. The van der Waals surface area contributed by atoms with Crippen molar-refractivity contribution in [1.29, 1.82) is 0 Å². The Hall–Kier alpha value is -0.750. The van der Waals surface area contributed by atoms with Gasteiger partial charge >= 0.3 is 5.97 Å². The van der Waals surface area contributed by atoms with Gasteiger partial charge in [0.1, 0.15) is 6.04 Å². The molecule has 2 aliphatic heterocycles. The number of carbonyl (C=O) groups excluding carboxylic acids is 2. The van der Waals surface area contributed by atoms with Crippen molar-refractivity contribution in [3.05, 3.63) is 0 Å². The first kappa shape index (κ1) is 15.2. The van der Waals surface area contributed by atoms with Crippen LogP contribution in [-0.4, -0.2) is 60.6 Å². The summed E-state index contributed by atoms with van der Waals surface area (Å²) < 4.78 is 5.14. The molecule has 1 spiro atoms. The lowest BCUT2D eigenvalue weighted by Gasteiger charge is -2.35. The molecule has 3 rings (SSSR count). The summed E-state index contributed by atoms with van der Waals surface area (Å²) in [5.74, 6) is 1.68. The highest BCUT2D eigenvalue weighted by Gasteiger charge is 2.59. The molecule has 2 unspecified atom stereocenters. The van der Waals surface area contributed by atoms with Crippen molar-refractivity contribution < 1.29 is 14.3 Å². The standard InChI is InChI=1S/C15H24N2O3S/c1-2-20-14(19)12-10-21-8-7-17(12)13(18)11-9-15(11)3-5-16-6-4-15/h11-12,16H,2-10H2,1H3. The summed E-state index contributed by atoms with van der Waals surface area (Å²) in [6.45, 7) is 4.89. The number of hydrogen-bond donors (Lipinski definition) is 1. The second kappa shape index (κ2) is 6.16. The van der Waals surface area contributed by atoms with Crippen LogP contribution in [0.5, 0.6) is 0 Å². The lowest BCUT2D eigenvalue weighted by molar-refractivity contribution is -0.154. The van der Waals surface area contributed by atoms with Gasteiger partial charge in [0.05, 0.1) is 6.61 Å². The fourth-order valence-electron chi connectivity index (χ4n) is 3.68. The molecule has 2 saturated heterocycles. The number of carbonyl (C=O) groups is 2. The minimum absolute atomic E-state index is 0.139. The normalized spacial score (nSPS) is 31.0. The molecule has 0 radical (unpaired) electrons. The second-order valence-electron chi connectivity index (χ2n) is 6.24. The number of thioether (sulfide) groups is 1. The maximum atomic E-state index is 12.8. The van der Waals surface area contributed by atoms with Crippen LogP contribution in [0.15, 0.2) is 0 Å². The summed E-state index contributed by atoms with van der Waals surface area (Å²) in [5, 5.41) is 3.36. The van der Waals surface area contributed by atoms with E-state index in [0.717, 1.165) is 38.1 Å². The smallest absolute Gasteiger partial charge is 0.329 e. The van der Waals surface area contributed by atoms with E-state index in [9.17, 15) is 9.59 Å². The van der Waals surface area contributed by atoms with Gasteiger partial charge in [-0.15, -0.1) is 0 Å². The van der Waals surface area contributed by atoms with Gasteiger partial charge in [-0.25, -0.2) is 4.79 Å². The Morgan fingerprint density at radius 1 is 1.38 bits per heavy atom. The van der Waals surface area contributed by atoms with Gasteiger partial charge in [-0.3, -0.25) is 4.79 Å². The summed E-state index contributed by atoms with van der Waals surface area (Å²) in [7, 11) is 0. The van der Waals surface area contributed by atoms with Crippen molar-refractivity contribution in [3.8, 4) is 0 Å². The number of nitrogens with zero attached hydrogens (tertiary/aromatic N) is 1. The van der Waals surface area contributed by atoms with E-state index in [0.29, 0.717) is 18.9 Å². The lowest BCUT2D eigenvalue weighted by Crippen LogP contribution is -2.52. The van der Waals surface area contributed by atoms with Crippen LogP contribution in [0.25, 0.3) is 0 Å². The van der Waals surface area contributed by atoms with E-state index < -0.39 is 0 Å². The Kier molecular flexibility index (Phi) is 4.45. The van der Waals surface area contributed by atoms with Crippen molar-refractivity contribution in [2.45, 2.75) is 32.2 Å². The molecule has 1 saturated carbocycles. The average Bonchev–Trinajstić information content (AvgIpc) is 3.20. The topological polar surface area (TPSA) is 58.6 Å². The van der Waals surface area contributed by atoms with Crippen molar-refractivity contribution in [2.75, 3.05) is 37.7 Å². The van der Waals surface area contributed by atoms with Gasteiger partial charge in [-0.05, 0) is 44.7 Å². The van der Waals surface area contributed by atoms with Crippen LogP contribution in [0, 0.1) is 11.3 Å². The van der Waals surface area contributed by atoms with Crippen molar-refractivity contribution in [1.82, 2.24) is 10.2 Å². The van der Waals surface area contributed by atoms with E-state index in [4.69, 9.17) is 4.74 Å². The molecule has 6 heteroatoms. The maximum Gasteiger partial charge on any atom is 0.329 e. The van der Waals surface area contributed by atoms with Gasteiger partial charge in [-0.2, -0.15) is 11.8 Å². The highest BCUT2D eigenvalue weighted by molar-refractivity contribution is 7.99. The Labute approximate surface area is 130 Å². The zero-order valence-corrected chi connectivity index (χ0v) is 13.4. The Bertz CT molecular complexity index is 423. The zero-order chi connectivity index (χ0) is 14.9. The Morgan fingerprint density at radius 2 is 2.14 bits per heavy atom. The number of rotatable bonds is 3. The molecule has 2 atom stereocenters. The van der Waals surface area contributed by atoms with Crippen LogP contribution < -0.4 is 5.32 Å². The van der Waals surface area contributed by atoms with E-state index in [-0.39, 0.29) is 29.3 Å². The number of piperidine rings is 1. The molecule has 0 aromatic heterocycles. The minimum Gasteiger partial charge on any atom is -0.464 e. The largest absolute Gasteiger partial charge is 0.464 e. The molecule has 1 amide bonds. The fraction of sp³-hybridized carbons (Fsp3) is 0.867. The van der Waals surface area contributed by atoms with E-state index in [1.807, 2.05) is 6.92 Å². The third-order valence-corrected chi connectivity index (χ3v) is 6.08. The predicted octanol–water partition coefficient (Wildman–Crippen LogP) is 0.883. The molecule has 3 fully saturated rings. The summed E-state index contributed by atoms with van der Waals surface area (Å²) in [6, 6.07) is -0.379. The lowest BCUT2D eigenvalue weighted by atomic mass is 9.91. The van der Waals surface area contributed by atoms with Crippen LogP contribution in [0.1, 0.15) is 26.2 Å². The van der Waals surface area contributed by atoms with Crippen LogP contribution in [0.2, 0.25) is 0 Å². The van der Waals surface area contributed by atoms with E-state index in [1.165, 1.54) is 0 Å². The Morgan fingerprint density at radius 3 is 2.86 bits per heavy atom. The second-order valence-corrected chi connectivity index (χ2v) is 7.39. The van der Waals surface area contributed by atoms with Crippen LogP contribution in [0.3, 0.4) is 0 Å². The summed E-state index contributed by atoms with van der Waals surface area (Å²) >= 11 is 1.73. The molecule has 1 aliphatic carbocycles. The maximum absolute atomic E-state index is 12.8. The van der Waals surface area contributed by atoms with Crippen LogP contribution in [-0.2, 0) is 14.3 Å². The summed E-state index contributed by atoms with van der Waals surface area (Å²) in [5.41, 5.74) is 0.228. The van der Waals surface area contributed by atoms with Crippen LogP contribution >= 0.6 is 11.8 Å². The molecule has 3 aliphatic rings. The molecule has 2 heterocycles. The van der Waals surface area contributed by atoms with Crippen LogP contribution in [0.4, 0.5) is 0 Å². The predicted molar refractivity (Wildman–Crippen MR) is 82.1 cm³/mol. The third kappa shape index (κ3) is 2.93. The van der Waals surface area contributed by atoms with Crippen molar-refractivity contribution >= 4 is 23.6 Å². The van der Waals surface area contributed by atoms with E-state index in [2.05, 4.69) is 5.32 Å². The molecule has 1 N–H and O–H groups in total. The molecule has 5 nitrogen and oxygen atoms in total. The van der Waals surface area contributed by atoms with Crippen molar-refractivity contribution in [2.24, 2.45) is 11.3 Å². The Balaban J connectivity index is 1.66. The number of ether oxygens (including phenoxy) is 1. The van der Waals surface area contributed by atoms with E-state index >= 15 is 0 Å². The summed E-state index contributed by atoms with van der Waals surface area (Å²) in [6.07, 6.45) is 3.19. The average molecular weight is 312 g/mol. The van der Waals surface area contributed by atoms with Gasteiger partial charge < -0.3 is 15.0 Å². The van der Waals surface area contributed by atoms with Gasteiger partial charge in [0.2, 0.25) is 5.91 Å². The van der Waals surface area contributed by atoms with Crippen molar-refractivity contribution in [3.63, 3.8) is 0 Å². The first-order valence-corrected chi connectivity index (χ1v) is 9.09. The summed E-state index contributed by atoms with van der Waals surface area (Å²) in [4.78, 5) is 26.7. The van der Waals surface area contributed by atoms with Gasteiger partial charge in [-0.1, -0.05) is 0 Å².